The fourth-order valence-electron chi connectivity index (χ4n) is 2.18. The Morgan fingerprint density at radius 2 is 1.90 bits per heavy atom. The fourth-order valence-corrected chi connectivity index (χ4v) is 4.39. The third kappa shape index (κ3) is 3.26. The zero-order chi connectivity index (χ0) is 15.0. The third-order valence-electron chi connectivity index (χ3n) is 3.38. The van der Waals surface area contributed by atoms with Crippen molar-refractivity contribution >= 4 is 33.2 Å². The van der Waals surface area contributed by atoms with Crippen LogP contribution in [0.25, 0.3) is 0 Å². The molecule has 0 atom stereocenters. The maximum Gasteiger partial charge on any atom is 0.242 e. The first-order valence-corrected chi connectivity index (χ1v) is 8.37. The largest absolute Gasteiger partial charge is 0.317 e. The molecule has 112 valence electrons. The van der Waals surface area contributed by atoms with Crippen molar-refractivity contribution < 1.29 is 12.8 Å². The lowest BCUT2D eigenvalue weighted by Crippen LogP contribution is -2.52. The van der Waals surface area contributed by atoms with Crippen molar-refractivity contribution in [2.24, 2.45) is 0 Å². The van der Waals surface area contributed by atoms with Crippen molar-refractivity contribution in [2.75, 3.05) is 13.1 Å². The minimum Gasteiger partial charge on any atom is -0.317 e. The van der Waals surface area contributed by atoms with Crippen LogP contribution in [-0.4, -0.2) is 27.0 Å². The normalized spacial score (nSPS) is 19.0. The Morgan fingerprint density at radius 1 is 1.30 bits per heavy atom. The summed E-state index contributed by atoms with van der Waals surface area (Å²) in [7, 11) is -3.90. The van der Waals surface area contributed by atoms with Crippen molar-refractivity contribution in [1.82, 2.24) is 10.0 Å². The van der Waals surface area contributed by atoms with Gasteiger partial charge in [0.05, 0.1) is 10.0 Å². The Labute approximate surface area is 127 Å². The second-order valence-corrected chi connectivity index (χ2v) is 7.53. The number of halogens is 3. The van der Waals surface area contributed by atoms with Crippen LogP contribution in [-0.2, 0) is 10.0 Å². The molecule has 1 aliphatic heterocycles. The lowest BCUT2D eigenvalue weighted by molar-refractivity contribution is 0.308. The Bertz CT molecular complexity index is 616. The van der Waals surface area contributed by atoms with E-state index in [-0.39, 0.29) is 9.92 Å². The van der Waals surface area contributed by atoms with E-state index in [1.807, 2.05) is 6.92 Å². The van der Waals surface area contributed by atoms with E-state index in [1.165, 1.54) is 12.1 Å². The highest BCUT2D eigenvalue weighted by atomic mass is 35.5. The zero-order valence-electron chi connectivity index (χ0n) is 10.8. The molecule has 0 spiro atoms. The second kappa shape index (κ2) is 5.77. The number of nitrogens with one attached hydrogen (secondary N) is 2. The monoisotopic (exact) mass is 340 g/mol. The number of sulfonamides is 1. The second-order valence-electron chi connectivity index (χ2n) is 5.09. The molecule has 2 rings (SSSR count). The van der Waals surface area contributed by atoms with Crippen molar-refractivity contribution in [3.8, 4) is 0 Å². The molecule has 1 aromatic carbocycles. The van der Waals surface area contributed by atoms with Gasteiger partial charge in [0.25, 0.3) is 0 Å². The minimum atomic E-state index is -3.90. The maximum atomic E-state index is 13.6. The van der Waals surface area contributed by atoms with E-state index in [0.29, 0.717) is 12.8 Å². The van der Waals surface area contributed by atoms with Gasteiger partial charge in [-0.1, -0.05) is 23.2 Å². The first-order chi connectivity index (χ1) is 9.25. The van der Waals surface area contributed by atoms with E-state index in [2.05, 4.69) is 10.0 Å². The summed E-state index contributed by atoms with van der Waals surface area (Å²) in [6, 6.07) is 2.39. The molecule has 2 N–H and O–H groups in total. The number of piperidine rings is 1. The summed E-state index contributed by atoms with van der Waals surface area (Å²) < 4.78 is 41.0. The zero-order valence-corrected chi connectivity index (χ0v) is 13.2. The standard InChI is InChI=1S/C12H15Cl2FN2O2S/c1-12(4-6-16-7-5-12)17-20(18,19)9-3-2-8(13)11(15)10(9)14/h2-3,16-17H,4-7H2,1H3. The summed E-state index contributed by atoms with van der Waals surface area (Å²) in [5, 5.41) is 2.46. The van der Waals surface area contributed by atoms with Crippen LogP contribution in [0.2, 0.25) is 10.0 Å². The van der Waals surface area contributed by atoms with Gasteiger partial charge in [-0.25, -0.2) is 17.5 Å². The van der Waals surface area contributed by atoms with E-state index in [0.717, 1.165) is 13.1 Å². The van der Waals surface area contributed by atoms with Crippen LogP contribution in [0.5, 0.6) is 0 Å². The number of hydrogen-bond donors (Lipinski definition) is 2. The molecule has 1 fully saturated rings. The summed E-state index contributed by atoms with van der Waals surface area (Å²) in [5.74, 6) is -0.924. The lowest BCUT2D eigenvalue weighted by Gasteiger charge is -2.34. The molecule has 0 bridgehead atoms. The van der Waals surface area contributed by atoms with Gasteiger partial charge >= 0.3 is 0 Å². The molecule has 0 unspecified atom stereocenters. The van der Waals surface area contributed by atoms with Crippen LogP contribution in [0.1, 0.15) is 19.8 Å². The highest BCUT2D eigenvalue weighted by Gasteiger charge is 2.33. The first kappa shape index (κ1) is 16.0. The van der Waals surface area contributed by atoms with Crippen LogP contribution >= 0.6 is 23.2 Å². The Hall–Kier alpha value is -0.400. The molecule has 0 amide bonds. The lowest BCUT2D eigenvalue weighted by atomic mass is 9.92. The van der Waals surface area contributed by atoms with E-state index >= 15 is 0 Å². The smallest absolute Gasteiger partial charge is 0.242 e. The number of benzene rings is 1. The maximum absolute atomic E-state index is 13.6. The van der Waals surface area contributed by atoms with Gasteiger partial charge in [0.15, 0.2) is 5.82 Å². The Morgan fingerprint density at radius 3 is 2.50 bits per heavy atom. The van der Waals surface area contributed by atoms with Crippen molar-refractivity contribution in [2.45, 2.75) is 30.2 Å². The highest BCUT2D eigenvalue weighted by molar-refractivity contribution is 7.89. The van der Waals surface area contributed by atoms with Gasteiger partial charge < -0.3 is 5.32 Å². The van der Waals surface area contributed by atoms with Crippen molar-refractivity contribution in [3.05, 3.63) is 28.0 Å². The molecule has 0 radical (unpaired) electrons. The number of hydrogen-bond acceptors (Lipinski definition) is 3. The van der Waals surface area contributed by atoms with E-state index in [4.69, 9.17) is 23.2 Å². The molecule has 0 aromatic heterocycles. The summed E-state index contributed by atoms with van der Waals surface area (Å²) >= 11 is 11.3. The quantitative estimate of drug-likeness (QED) is 0.831. The average Bonchev–Trinajstić information content (AvgIpc) is 2.35. The first-order valence-electron chi connectivity index (χ1n) is 6.13. The van der Waals surface area contributed by atoms with E-state index < -0.39 is 26.4 Å². The molecule has 0 saturated carbocycles. The minimum absolute atomic E-state index is 0.206. The van der Waals surface area contributed by atoms with Gasteiger partial charge in [0.1, 0.15) is 4.90 Å². The molecule has 8 heteroatoms. The third-order valence-corrected chi connectivity index (χ3v) is 5.83. The van der Waals surface area contributed by atoms with Crippen LogP contribution in [0.15, 0.2) is 17.0 Å². The van der Waals surface area contributed by atoms with E-state index in [9.17, 15) is 12.8 Å². The summed E-state index contributed by atoms with van der Waals surface area (Å²) in [5.41, 5.74) is -0.566. The molecule has 1 aromatic rings. The van der Waals surface area contributed by atoms with Crippen LogP contribution in [0, 0.1) is 5.82 Å². The average molecular weight is 341 g/mol. The van der Waals surface area contributed by atoms with Gasteiger partial charge in [0.2, 0.25) is 10.0 Å². The van der Waals surface area contributed by atoms with Crippen LogP contribution in [0.3, 0.4) is 0 Å². The Kier molecular flexibility index (Phi) is 4.61. The SMILES string of the molecule is CC1(NS(=O)(=O)c2ccc(Cl)c(F)c2Cl)CCNCC1. The molecule has 0 aliphatic carbocycles. The van der Waals surface area contributed by atoms with Crippen LogP contribution < -0.4 is 10.0 Å². The summed E-state index contributed by atoms with van der Waals surface area (Å²) in [6.45, 7) is 3.27. The molecule has 1 heterocycles. The molecular weight excluding hydrogens is 326 g/mol. The predicted octanol–water partition coefficient (Wildman–Crippen LogP) is 2.55. The van der Waals surface area contributed by atoms with Crippen LogP contribution in [0.4, 0.5) is 4.39 Å². The van der Waals surface area contributed by atoms with Gasteiger partial charge in [-0.05, 0) is 45.0 Å². The van der Waals surface area contributed by atoms with E-state index in [1.54, 1.807) is 0 Å². The highest BCUT2D eigenvalue weighted by Crippen LogP contribution is 2.30. The Balaban J connectivity index is 2.33. The van der Waals surface area contributed by atoms with Crippen molar-refractivity contribution in [1.29, 1.82) is 0 Å². The van der Waals surface area contributed by atoms with Gasteiger partial charge in [-0.3, -0.25) is 0 Å². The van der Waals surface area contributed by atoms with Crippen molar-refractivity contribution in [3.63, 3.8) is 0 Å². The number of rotatable bonds is 3. The van der Waals surface area contributed by atoms with Gasteiger partial charge in [-0.15, -0.1) is 0 Å². The molecular formula is C12H15Cl2FN2O2S. The van der Waals surface area contributed by atoms with Gasteiger partial charge in [-0.2, -0.15) is 0 Å². The summed E-state index contributed by atoms with van der Waals surface area (Å²) in [6.07, 6.45) is 1.31. The molecule has 4 nitrogen and oxygen atoms in total. The molecule has 20 heavy (non-hydrogen) atoms. The topological polar surface area (TPSA) is 58.2 Å². The summed E-state index contributed by atoms with van der Waals surface area (Å²) in [4.78, 5) is -0.291. The fraction of sp³-hybridized carbons (Fsp3) is 0.500. The van der Waals surface area contributed by atoms with Gasteiger partial charge in [0, 0.05) is 5.54 Å². The molecule has 1 saturated heterocycles. The predicted molar refractivity (Wildman–Crippen MR) is 77.3 cm³/mol. The molecule has 1 aliphatic rings.